The van der Waals surface area contributed by atoms with Gasteiger partial charge in [0.25, 0.3) is 5.56 Å². The number of aromatic nitrogens is 6. The van der Waals surface area contributed by atoms with Gasteiger partial charge in [0.05, 0.1) is 12.2 Å². The standard InChI is InChI=1S/C19H23N7O/c1-24-17(20-9-6-18(24)27)12-25-10-7-14(8-11-25)19-22-21-16-5-4-15(13-2-3-13)23-26(16)19/h4-6,9,13-14H,2-3,7-8,10-12H2,1H3. The van der Waals surface area contributed by atoms with Crippen molar-refractivity contribution in [2.75, 3.05) is 13.1 Å². The number of piperidine rings is 1. The van der Waals surface area contributed by atoms with Crippen molar-refractivity contribution < 1.29 is 0 Å². The zero-order valence-corrected chi connectivity index (χ0v) is 15.5. The van der Waals surface area contributed by atoms with Gasteiger partial charge in [-0.3, -0.25) is 14.3 Å². The lowest BCUT2D eigenvalue weighted by atomic mass is 9.96. The van der Waals surface area contributed by atoms with E-state index in [2.05, 4.69) is 26.1 Å². The van der Waals surface area contributed by atoms with Gasteiger partial charge in [-0.2, -0.15) is 9.61 Å². The van der Waals surface area contributed by atoms with Crippen molar-refractivity contribution in [1.82, 2.24) is 34.3 Å². The van der Waals surface area contributed by atoms with Crippen LogP contribution in [0.3, 0.4) is 0 Å². The van der Waals surface area contributed by atoms with Gasteiger partial charge < -0.3 is 0 Å². The van der Waals surface area contributed by atoms with E-state index in [-0.39, 0.29) is 5.56 Å². The predicted octanol–water partition coefficient (Wildman–Crippen LogP) is 1.48. The lowest BCUT2D eigenvalue weighted by Gasteiger charge is -2.30. The van der Waals surface area contributed by atoms with Crippen molar-refractivity contribution in [2.24, 2.45) is 7.05 Å². The van der Waals surface area contributed by atoms with E-state index in [1.807, 2.05) is 10.6 Å². The Kier molecular flexibility index (Phi) is 4.00. The molecule has 27 heavy (non-hydrogen) atoms. The van der Waals surface area contributed by atoms with Gasteiger partial charge in [-0.25, -0.2) is 4.98 Å². The third kappa shape index (κ3) is 3.14. The molecule has 2 fully saturated rings. The van der Waals surface area contributed by atoms with Gasteiger partial charge in [-0.1, -0.05) is 0 Å². The highest BCUT2D eigenvalue weighted by molar-refractivity contribution is 5.38. The molecule has 8 heteroatoms. The van der Waals surface area contributed by atoms with E-state index in [0.29, 0.717) is 18.4 Å². The molecule has 3 aromatic rings. The first-order chi connectivity index (χ1) is 13.2. The highest BCUT2D eigenvalue weighted by Gasteiger charge is 2.28. The molecule has 140 valence electrons. The van der Waals surface area contributed by atoms with Crippen LogP contribution in [0.1, 0.15) is 54.9 Å². The molecule has 1 saturated heterocycles. The summed E-state index contributed by atoms with van der Waals surface area (Å²) < 4.78 is 3.58. The molecule has 0 aromatic carbocycles. The van der Waals surface area contributed by atoms with E-state index in [4.69, 9.17) is 5.10 Å². The SMILES string of the molecule is Cn1c(CN2CCC(c3nnc4ccc(C5CC5)nn34)CC2)nccc1=O. The maximum Gasteiger partial charge on any atom is 0.253 e. The number of fused-ring (bicyclic) bond motifs is 1. The molecule has 4 heterocycles. The summed E-state index contributed by atoms with van der Waals surface area (Å²) in [6.07, 6.45) is 6.10. The highest BCUT2D eigenvalue weighted by atomic mass is 16.1. The maximum absolute atomic E-state index is 11.8. The van der Waals surface area contributed by atoms with Crippen LogP contribution in [-0.4, -0.2) is 47.4 Å². The van der Waals surface area contributed by atoms with Crippen LogP contribution in [-0.2, 0) is 13.6 Å². The molecule has 0 radical (unpaired) electrons. The Balaban J connectivity index is 1.30. The van der Waals surface area contributed by atoms with Crippen LogP contribution in [0.4, 0.5) is 0 Å². The molecule has 1 saturated carbocycles. The molecule has 0 atom stereocenters. The second kappa shape index (κ2) is 6.53. The Bertz CT molecular complexity index is 1030. The summed E-state index contributed by atoms with van der Waals surface area (Å²) in [5.74, 6) is 2.78. The average Bonchev–Trinajstić information content (AvgIpc) is 3.46. The Labute approximate surface area is 156 Å². The number of nitrogens with zero attached hydrogens (tertiary/aromatic N) is 7. The minimum absolute atomic E-state index is 0.0117. The van der Waals surface area contributed by atoms with Crippen molar-refractivity contribution in [3.63, 3.8) is 0 Å². The fraction of sp³-hybridized carbons (Fsp3) is 0.526. The third-order valence-corrected chi connectivity index (χ3v) is 5.78. The van der Waals surface area contributed by atoms with Crippen LogP contribution in [0.5, 0.6) is 0 Å². The Morgan fingerprint density at radius 1 is 1.04 bits per heavy atom. The average molecular weight is 365 g/mol. The first kappa shape index (κ1) is 16.6. The van der Waals surface area contributed by atoms with Gasteiger partial charge in [0.1, 0.15) is 5.82 Å². The number of rotatable bonds is 4. The van der Waals surface area contributed by atoms with Crippen LogP contribution in [0, 0.1) is 0 Å². The molecule has 0 N–H and O–H groups in total. The monoisotopic (exact) mass is 365 g/mol. The molecule has 0 bridgehead atoms. The van der Waals surface area contributed by atoms with Gasteiger partial charge >= 0.3 is 0 Å². The van der Waals surface area contributed by atoms with Crippen molar-refractivity contribution in [1.29, 1.82) is 0 Å². The van der Waals surface area contributed by atoms with Gasteiger partial charge in [-0.15, -0.1) is 10.2 Å². The molecular weight excluding hydrogens is 342 g/mol. The molecule has 2 aliphatic rings. The highest BCUT2D eigenvalue weighted by Crippen LogP contribution is 2.39. The van der Waals surface area contributed by atoms with Crippen molar-refractivity contribution >= 4 is 5.65 Å². The van der Waals surface area contributed by atoms with Crippen molar-refractivity contribution in [3.05, 3.63) is 52.1 Å². The van der Waals surface area contributed by atoms with Gasteiger partial charge in [-0.05, 0) is 50.9 Å². The van der Waals surface area contributed by atoms with Gasteiger partial charge in [0, 0.05) is 31.1 Å². The molecule has 0 unspecified atom stereocenters. The lowest BCUT2D eigenvalue weighted by Crippen LogP contribution is -2.35. The van der Waals surface area contributed by atoms with E-state index < -0.39 is 0 Å². The quantitative estimate of drug-likeness (QED) is 0.697. The normalized spacial score (nSPS) is 19.0. The molecule has 3 aromatic heterocycles. The van der Waals surface area contributed by atoms with Crippen LogP contribution in [0.25, 0.3) is 5.65 Å². The van der Waals surface area contributed by atoms with Gasteiger partial charge in [0.15, 0.2) is 11.5 Å². The molecule has 1 aliphatic carbocycles. The summed E-state index contributed by atoms with van der Waals surface area (Å²) in [6, 6.07) is 5.62. The Morgan fingerprint density at radius 2 is 1.85 bits per heavy atom. The number of likely N-dealkylation sites (tertiary alicyclic amines) is 1. The van der Waals surface area contributed by atoms with E-state index in [0.717, 1.165) is 48.9 Å². The zero-order chi connectivity index (χ0) is 18.4. The molecule has 1 aliphatic heterocycles. The second-order valence-corrected chi connectivity index (χ2v) is 7.67. The maximum atomic E-state index is 11.8. The largest absolute Gasteiger partial charge is 0.299 e. The van der Waals surface area contributed by atoms with E-state index >= 15 is 0 Å². The fourth-order valence-electron chi connectivity index (χ4n) is 3.88. The van der Waals surface area contributed by atoms with Crippen LogP contribution in [0.15, 0.2) is 29.2 Å². The molecule has 0 amide bonds. The van der Waals surface area contributed by atoms with Crippen molar-refractivity contribution in [2.45, 2.75) is 44.1 Å². The summed E-state index contributed by atoms with van der Waals surface area (Å²) in [5.41, 5.74) is 1.99. The minimum Gasteiger partial charge on any atom is -0.299 e. The molecule has 5 rings (SSSR count). The smallest absolute Gasteiger partial charge is 0.253 e. The van der Waals surface area contributed by atoms with E-state index in [1.54, 1.807) is 17.8 Å². The van der Waals surface area contributed by atoms with Crippen LogP contribution >= 0.6 is 0 Å². The fourth-order valence-corrected chi connectivity index (χ4v) is 3.88. The van der Waals surface area contributed by atoms with E-state index in [9.17, 15) is 4.79 Å². The molecular formula is C19H23N7O. The van der Waals surface area contributed by atoms with Crippen molar-refractivity contribution in [3.8, 4) is 0 Å². The zero-order valence-electron chi connectivity index (χ0n) is 15.5. The van der Waals surface area contributed by atoms with E-state index in [1.165, 1.54) is 18.9 Å². The Morgan fingerprint density at radius 3 is 2.63 bits per heavy atom. The predicted molar refractivity (Wildman–Crippen MR) is 99.5 cm³/mol. The first-order valence-electron chi connectivity index (χ1n) is 9.64. The summed E-state index contributed by atoms with van der Waals surface area (Å²) >= 11 is 0. The summed E-state index contributed by atoms with van der Waals surface area (Å²) in [4.78, 5) is 18.5. The van der Waals surface area contributed by atoms with Crippen LogP contribution in [0.2, 0.25) is 0 Å². The summed E-state index contributed by atoms with van der Waals surface area (Å²) in [7, 11) is 1.78. The van der Waals surface area contributed by atoms with Crippen LogP contribution < -0.4 is 5.56 Å². The lowest BCUT2D eigenvalue weighted by molar-refractivity contribution is 0.194. The Hall–Kier alpha value is -2.61. The second-order valence-electron chi connectivity index (χ2n) is 7.67. The first-order valence-corrected chi connectivity index (χ1v) is 9.64. The third-order valence-electron chi connectivity index (χ3n) is 5.78. The summed E-state index contributed by atoms with van der Waals surface area (Å²) in [6.45, 7) is 2.60. The number of hydrogen-bond donors (Lipinski definition) is 0. The summed E-state index contributed by atoms with van der Waals surface area (Å²) in [5, 5.41) is 13.6. The topological polar surface area (TPSA) is 81.2 Å². The number of hydrogen-bond acceptors (Lipinski definition) is 6. The molecule has 0 spiro atoms. The molecule has 8 nitrogen and oxygen atoms in total. The minimum atomic E-state index is -0.0117. The van der Waals surface area contributed by atoms with Gasteiger partial charge in [0.2, 0.25) is 0 Å².